The fourth-order valence-corrected chi connectivity index (χ4v) is 3.61. The maximum absolute atomic E-state index is 11.8. The van der Waals surface area contributed by atoms with Crippen molar-refractivity contribution in [1.29, 1.82) is 0 Å². The summed E-state index contributed by atoms with van der Waals surface area (Å²) < 4.78 is 23.7. The summed E-state index contributed by atoms with van der Waals surface area (Å²) in [5.41, 5.74) is 1.23. The van der Waals surface area contributed by atoms with E-state index in [9.17, 15) is 13.2 Å². The Hall–Kier alpha value is -1.16. The van der Waals surface area contributed by atoms with Gasteiger partial charge in [0.1, 0.15) is 0 Å². The Morgan fingerprint density at radius 1 is 1.40 bits per heavy atom. The predicted molar refractivity (Wildman–Crippen MR) is 56.8 cm³/mol. The highest BCUT2D eigenvalue weighted by Crippen LogP contribution is 2.33. The van der Waals surface area contributed by atoms with Gasteiger partial charge in [-0.3, -0.25) is 4.79 Å². The number of Topliss-reactive ketones (excluding diaryl/α,β-unsaturated/α-hetero) is 1. The molecule has 0 N–H and O–H groups in total. The smallest absolute Gasteiger partial charge is 0.181 e. The average molecular weight is 224 g/mol. The van der Waals surface area contributed by atoms with Crippen LogP contribution < -0.4 is 0 Å². The lowest BCUT2D eigenvalue weighted by atomic mass is 10.0. The van der Waals surface area contributed by atoms with Gasteiger partial charge in [-0.25, -0.2) is 8.42 Å². The third kappa shape index (κ3) is 1.40. The van der Waals surface area contributed by atoms with Crippen molar-refractivity contribution in [2.45, 2.75) is 30.4 Å². The Labute approximate surface area is 89.0 Å². The molecule has 0 aromatic heterocycles. The lowest BCUT2D eigenvalue weighted by Gasteiger charge is -2.02. The average Bonchev–Trinajstić information content (AvgIpc) is 2.38. The Bertz CT molecular complexity index is 529. The van der Waals surface area contributed by atoms with Crippen LogP contribution in [0.5, 0.6) is 0 Å². The molecule has 80 valence electrons. The molecule has 1 heterocycles. The minimum Gasteiger partial charge on any atom is -0.295 e. The van der Waals surface area contributed by atoms with Crippen LogP contribution in [0.4, 0.5) is 0 Å². The highest BCUT2D eigenvalue weighted by Gasteiger charge is 2.35. The quantitative estimate of drug-likeness (QED) is 0.681. The molecule has 0 fully saturated rings. The molecular weight excluding hydrogens is 212 g/mol. The number of sulfone groups is 1. The van der Waals surface area contributed by atoms with Crippen molar-refractivity contribution in [2.75, 3.05) is 0 Å². The number of carbonyl (C=O) groups excluding carboxylic acids is 1. The van der Waals surface area contributed by atoms with E-state index in [1.807, 2.05) is 0 Å². The standard InChI is InChI=1S/C11H12O3S/c1-7-6-10-9(8(2)12)4-3-5-11(10)15(7,13)14/h3-5,7H,6H2,1-2H3. The SMILES string of the molecule is CC(=O)c1cccc2c1CC(C)S2(=O)=O. The molecular formula is C11H12O3S. The third-order valence-corrected chi connectivity index (χ3v) is 5.06. The van der Waals surface area contributed by atoms with Gasteiger partial charge in [-0.15, -0.1) is 0 Å². The van der Waals surface area contributed by atoms with E-state index in [-0.39, 0.29) is 5.78 Å². The summed E-state index contributed by atoms with van der Waals surface area (Å²) in [5.74, 6) is -0.0730. The van der Waals surface area contributed by atoms with Crippen LogP contribution >= 0.6 is 0 Å². The van der Waals surface area contributed by atoms with Crippen molar-refractivity contribution in [3.8, 4) is 0 Å². The molecule has 15 heavy (non-hydrogen) atoms. The van der Waals surface area contributed by atoms with Gasteiger partial charge in [-0.05, 0) is 31.9 Å². The minimum absolute atomic E-state index is 0.0730. The van der Waals surface area contributed by atoms with Crippen molar-refractivity contribution < 1.29 is 13.2 Å². The van der Waals surface area contributed by atoms with Gasteiger partial charge >= 0.3 is 0 Å². The number of benzene rings is 1. The van der Waals surface area contributed by atoms with Crippen LogP contribution in [0, 0.1) is 0 Å². The highest BCUT2D eigenvalue weighted by molar-refractivity contribution is 7.92. The van der Waals surface area contributed by atoms with Gasteiger partial charge in [-0.1, -0.05) is 12.1 Å². The van der Waals surface area contributed by atoms with Crippen LogP contribution in [0.25, 0.3) is 0 Å². The molecule has 0 amide bonds. The first-order chi connectivity index (χ1) is 6.94. The van der Waals surface area contributed by atoms with Gasteiger partial charge < -0.3 is 0 Å². The number of rotatable bonds is 1. The topological polar surface area (TPSA) is 51.2 Å². The Kier molecular flexibility index (Phi) is 2.19. The highest BCUT2D eigenvalue weighted by atomic mass is 32.2. The molecule has 0 saturated heterocycles. The van der Waals surface area contributed by atoms with Crippen LogP contribution in [-0.2, 0) is 16.3 Å². The molecule has 0 aliphatic carbocycles. The normalized spacial score (nSPS) is 22.4. The number of ketones is 1. The first-order valence-corrected chi connectivity index (χ1v) is 6.36. The fraction of sp³-hybridized carbons (Fsp3) is 0.364. The van der Waals surface area contributed by atoms with E-state index in [2.05, 4.69) is 0 Å². The van der Waals surface area contributed by atoms with Crippen molar-refractivity contribution in [3.05, 3.63) is 29.3 Å². The van der Waals surface area contributed by atoms with Crippen molar-refractivity contribution in [3.63, 3.8) is 0 Å². The molecule has 2 rings (SSSR count). The zero-order valence-corrected chi connectivity index (χ0v) is 9.47. The number of hydrogen-bond donors (Lipinski definition) is 0. The van der Waals surface area contributed by atoms with E-state index in [4.69, 9.17) is 0 Å². The van der Waals surface area contributed by atoms with Gasteiger partial charge in [-0.2, -0.15) is 0 Å². The van der Waals surface area contributed by atoms with E-state index >= 15 is 0 Å². The second-order valence-corrected chi connectivity index (χ2v) is 6.23. The van der Waals surface area contributed by atoms with E-state index in [1.165, 1.54) is 6.92 Å². The first-order valence-electron chi connectivity index (χ1n) is 4.81. The van der Waals surface area contributed by atoms with E-state index < -0.39 is 15.1 Å². The molecule has 1 aromatic rings. The monoisotopic (exact) mass is 224 g/mol. The molecule has 4 heteroatoms. The molecule has 0 saturated carbocycles. The van der Waals surface area contributed by atoms with Crippen LogP contribution in [0.1, 0.15) is 29.8 Å². The summed E-state index contributed by atoms with van der Waals surface area (Å²) in [6.45, 7) is 3.14. The number of fused-ring (bicyclic) bond motifs is 1. The molecule has 1 aromatic carbocycles. The zero-order chi connectivity index (χ0) is 11.2. The molecule has 0 bridgehead atoms. The van der Waals surface area contributed by atoms with Gasteiger partial charge in [0.15, 0.2) is 15.6 Å². The summed E-state index contributed by atoms with van der Waals surface area (Å²) in [7, 11) is -3.19. The van der Waals surface area contributed by atoms with Gasteiger partial charge in [0.2, 0.25) is 0 Å². The van der Waals surface area contributed by atoms with Crippen LogP contribution in [0.15, 0.2) is 23.1 Å². The van der Waals surface area contributed by atoms with Crippen molar-refractivity contribution in [2.24, 2.45) is 0 Å². The van der Waals surface area contributed by atoms with Crippen LogP contribution in [0.2, 0.25) is 0 Å². The van der Waals surface area contributed by atoms with Crippen molar-refractivity contribution >= 4 is 15.6 Å². The largest absolute Gasteiger partial charge is 0.295 e. The third-order valence-electron chi connectivity index (χ3n) is 2.84. The number of carbonyl (C=O) groups is 1. The summed E-state index contributed by atoms with van der Waals surface area (Å²) >= 11 is 0. The molecule has 1 atom stereocenters. The number of hydrogen-bond acceptors (Lipinski definition) is 3. The summed E-state index contributed by atoms with van der Waals surface area (Å²) in [6, 6.07) is 4.90. The summed E-state index contributed by atoms with van der Waals surface area (Å²) in [4.78, 5) is 11.7. The van der Waals surface area contributed by atoms with Gasteiger partial charge in [0.05, 0.1) is 10.1 Å². The van der Waals surface area contributed by atoms with Crippen molar-refractivity contribution in [1.82, 2.24) is 0 Å². The molecule has 3 nitrogen and oxygen atoms in total. The summed E-state index contributed by atoms with van der Waals surface area (Å²) in [5, 5.41) is -0.409. The first kappa shape index (κ1) is 10.4. The lowest BCUT2D eigenvalue weighted by Crippen LogP contribution is -2.11. The molecule has 1 aliphatic rings. The molecule has 0 spiro atoms. The predicted octanol–water partition coefficient (Wildman–Crippen LogP) is 1.61. The Morgan fingerprint density at radius 3 is 2.67 bits per heavy atom. The zero-order valence-electron chi connectivity index (χ0n) is 8.65. The van der Waals surface area contributed by atoms with Gasteiger partial charge in [0.25, 0.3) is 0 Å². The maximum Gasteiger partial charge on any atom is 0.181 e. The van der Waals surface area contributed by atoms with E-state index in [1.54, 1.807) is 25.1 Å². The Balaban J connectivity index is 2.74. The second-order valence-electron chi connectivity index (χ2n) is 3.90. The molecule has 1 aliphatic heterocycles. The maximum atomic E-state index is 11.8. The summed E-state index contributed by atoms with van der Waals surface area (Å²) in [6.07, 6.45) is 0.452. The molecule has 1 unspecified atom stereocenters. The van der Waals surface area contributed by atoms with Gasteiger partial charge in [0, 0.05) is 5.56 Å². The Morgan fingerprint density at radius 2 is 2.07 bits per heavy atom. The van der Waals surface area contributed by atoms with Crippen LogP contribution in [-0.4, -0.2) is 19.5 Å². The van der Waals surface area contributed by atoms with E-state index in [0.29, 0.717) is 22.4 Å². The molecule has 0 radical (unpaired) electrons. The van der Waals surface area contributed by atoms with E-state index in [0.717, 1.165) is 0 Å². The lowest BCUT2D eigenvalue weighted by molar-refractivity contribution is 0.101. The second kappa shape index (κ2) is 3.17. The minimum atomic E-state index is -3.19. The van der Waals surface area contributed by atoms with Crippen LogP contribution in [0.3, 0.4) is 0 Å². The fourth-order valence-electron chi connectivity index (χ4n) is 1.99.